The summed E-state index contributed by atoms with van der Waals surface area (Å²) in [4.78, 5) is 26.4. The second-order valence-corrected chi connectivity index (χ2v) is 6.02. The quantitative estimate of drug-likeness (QED) is 0.864. The predicted octanol–water partition coefficient (Wildman–Crippen LogP) is 2.78. The van der Waals surface area contributed by atoms with Crippen LogP contribution in [-0.4, -0.2) is 42.3 Å². The van der Waals surface area contributed by atoms with Gasteiger partial charge in [-0.1, -0.05) is 23.2 Å². The molecular formula is C15H18Cl2N2O2. The van der Waals surface area contributed by atoms with E-state index in [4.69, 9.17) is 23.2 Å². The molecule has 0 spiro atoms. The van der Waals surface area contributed by atoms with Gasteiger partial charge in [0.25, 0.3) is 0 Å². The van der Waals surface area contributed by atoms with E-state index in [1.165, 1.54) is 0 Å². The number of Topliss-reactive ketones (excluding diaryl/α,β-unsaturated/α-hetero) is 1. The van der Waals surface area contributed by atoms with Gasteiger partial charge in [0.2, 0.25) is 5.91 Å². The lowest BCUT2D eigenvalue weighted by molar-refractivity contribution is -0.125. The fourth-order valence-electron chi connectivity index (χ4n) is 2.77. The highest BCUT2D eigenvalue weighted by Gasteiger charge is 2.36. The molecule has 4 nitrogen and oxygen atoms in total. The molecule has 0 aromatic heterocycles. The van der Waals surface area contributed by atoms with Crippen LogP contribution in [0.4, 0.5) is 0 Å². The maximum Gasteiger partial charge on any atom is 0.237 e. The van der Waals surface area contributed by atoms with Crippen molar-refractivity contribution >= 4 is 34.9 Å². The Morgan fingerprint density at radius 2 is 2.10 bits per heavy atom. The van der Waals surface area contributed by atoms with E-state index in [9.17, 15) is 9.59 Å². The molecule has 2 atom stereocenters. The predicted molar refractivity (Wildman–Crippen MR) is 84.0 cm³/mol. The third kappa shape index (κ3) is 3.39. The van der Waals surface area contributed by atoms with Crippen LogP contribution in [0.15, 0.2) is 18.2 Å². The molecule has 1 amide bonds. The van der Waals surface area contributed by atoms with Crippen LogP contribution in [0.5, 0.6) is 0 Å². The number of carbonyl (C=O) groups is 2. The zero-order valence-electron chi connectivity index (χ0n) is 12.0. The Balaban J connectivity index is 2.20. The maximum absolute atomic E-state index is 12.6. The summed E-state index contributed by atoms with van der Waals surface area (Å²) >= 11 is 12.0. The highest BCUT2D eigenvalue weighted by Crippen LogP contribution is 2.26. The van der Waals surface area contributed by atoms with Crippen LogP contribution in [-0.2, 0) is 4.79 Å². The van der Waals surface area contributed by atoms with Gasteiger partial charge in [-0.15, -0.1) is 0 Å². The number of nitrogens with zero attached hydrogens (tertiary/aromatic N) is 1. The van der Waals surface area contributed by atoms with Crippen molar-refractivity contribution in [3.05, 3.63) is 33.8 Å². The van der Waals surface area contributed by atoms with Crippen LogP contribution in [0.1, 0.15) is 30.1 Å². The number of amides is 1. The van der Waals surface area contributed by atoms with Crippen LogP contribution in [0.25, 0.3) is 0 Å². The molecular weight excluding hydrogens is 311 g/mol. The summed E-state index contributed by atoms with van der Waals surface area (Å²) < 4.78 is 0. The average Bonchev–Trinajstić information content (AvgIpc) is 2.94. The number of halogens is 2. The standard InChI is InChI=1S/C15H18Cl2N2O2/c1-9(19-7-3-4-13(19)15(21)18-2)14(20)11-6-5-10(16)8-12(11)17/h5-6,8-9,13H,3-4,7H2,1-2H3,(H,18,21). The Labute approximate surface area is 134 Å². The monoisotopic (exact) mass is 328 g/mol. The van der Waals surface area contributed by atoms with E-state index in [1.54, 1.807) is 25.2 Å². The van der Waals surface area contributed by atoms with Crippen molar-refractivity contribution in [3.8, 4) is 0 Å². The molecule has 1 heterocycles. The summed E-state index contributed by atoms with van der Waals surface area (Å²) in [5.74, 6) is -0.137. The van der Waals surface area contributed by atoms with E-state index in [1.807, 2.05) is 11.8 Å². The van der Waals surface area contributed by atoms with E-state index in [-0.39, 0.29) is 17.7 Å². The molecule has 1 aromatic carbocycles. The minimum absolute atomic E-state index is 0.0469. The number of hydrogen-bond donors (Lipinski definition) is 1. The van der Waals surface area contributed by atoms with Gasteiger partial charge in [0, 0.05) is 17.6 Å². The normalized spacial score (nSPS) is 20.3. The van der Waals surface area contributed by atoms with Gasteiger partial charge in [0.05, 0.1) is 17.1 Å². The summed E-state index contributed by atoms with van der Waals surface area (Å²) in [6.07, 6.45) is 1.68. The molecule has 1 aromatic rings. The topological polar surface area (TPSA) is 49.4 Å². The van der Waals surface area contributed by atoms with Crippen LogP contribution < -0.4 is 5.32 Å². The first kappa shape index (κ1) is 16.3. The Kier molecular flexibility index (Phi) is 5.25. The number of ketones is 1. The van der Waals surface area contributed by atoms with E-state index >= 15 is 0 Å². The van der Waals surface area contributed by atoms with Crippen molar-refractivity contribution in [2.45, 2.75) is 31.8 Å². The number of rotatable bonds is 4. The lowest BCUT2D eigenvalue weighted by atomic mass is 10.0. The van der Waals surface area contributed by atoms with Gasteiger partial charge in [0.15, 0.2) is 5.78 Å². The molecule has 0 aliphatic carbocycles. The molecule has 114 valence electrons. The van der Waals surface area contributed by atoms with Crippen LogP contribution >= 0.6 is 23.2 Å². The van der Waals surface area contributed by atoms with Crippen LogP contribution in [0, 0.1) is 0 Å². The van der Waals surface area contributed by atoms with Crippen molar-refractivity contribution in [2.24, 2.45) is 0 Å². The third-order valence-electron chi connectivity index (χ3n) is 3.92. The minimum Gasteiger partial charge on any atom is -0.358 e. The highest BCUT2D eigenvalue weighted by molar-refractivity contribution is 6.37. The van der Waals surface area contributed by atoms with Crippen LogP contribution in [0.3, 0.4) is 0 Å². The Morgan fingerprint density at radius 1 is 1.38 bits per heavy atom. The van der Waals surface area contributed by atoms with Crippen LogP contribution in [0.2, 0.25) is 10.0 Å². The number of benzene rings is 1. The summed E-state index contributed by atoms with van der Waals surface area (Å²) in [5.41, 5.74) is 0.441. The van der Waals surface area contributed by atoms with Gasteiger partial charge >= 0.3 is 0 Å². The number of nitrogens with one attached hydrogen (secondary N) is 1. The number of carbonyl (C=O) groups excluding carboxylic acids is 2. The number of likely N-dealkylation sites (tertiary alicyclic amines) is 1. The molecule has 6 heteroatoms. The maximum atomic E-state index is 12.6. The summed E-state index contributed by atoms with van der Waals surface area (Å²) in [5, 5.41) is 3.49. The van der Waals surface area contributed by atoms with Gasteiger partial charge in [-0.25, -0.2) is 0 Å². The largest absolute Gasteiger partial charge is 0.358 e. The summed E-state index contributed by atoms with van der Waals surface area (Å²) in [6, 6.07) is 4.19. The molecule has 0 radical (unpaired) electrons. The van der Waals surface area contributed by atoms with Crippen molar-refractivity contribution in [3.63, 3.8) is 0 Å². The highest BCUT2D eigenvalue weighted by atomic mass is 35.5. The van der Waals surface area contributed by atoms with Gasteiger partial charge in [0.1, 0.15) is 0 Å². The zero-order valence-corrected chi connectivity index (χ0v) is 13.5. The van der Waals surface area contributed by atoms with Gasteiger partial charge < -0.3 is 5.32 Å². The Hall–Kier alpha value is -1.10. The van der Waals surface area contributed by atoms with E-state index in [0.29, 0.717) is 15.6 Å². The van der Waals surface area contributed by atoms with E-state index < -0.39 is 6.04 Å². The fourth-order valence-corrected chi connectivity index (χ4v) is 3.27. The van der Waals surface area contributed by atoms with Crippen molar-refractivity contribution < 1.29 is 9.59 Å². The van der Waals surface area contributed by atoms with E-state index in [0.717, 1.165) is 19.4 Å². The first-order chi connectivity index (χ1) is 9.95. The Bertz CT molecular complexity index is 563. The van der Waals surface area contributed by atoms with Gasteiger partial charge in [-0.2, -0.15) is 0 Å². The zero-order chi connectivity index (χ0) is 15.6. The smallest absolute Gasteiger partial charge is 0.237 e. The molecule has 0 bridgehead atoms. The van der Waals surface area contributed by atoms with Crippen molar-refractivity contribution in [2.75, 3.05) is 13.6 Å². The van der Waals surface area contributed by atoms with E-state index in [2.05, 4.69) is 5.32 Å². The molecule has 1 saturated heterocycles. The minimum atomic E-state index is -0.395. The SMILES string of the molecule is CNC(=O)C1CCCN1C(C)C(=O)c1ccc(Cl)cc1Cl. The third-order valence-corrected chi connectivity index (χ3v) is 4.46. The summed E-state index contributed by atoms with van der Waals surface area (Å²) in [7, 11) is 1.61. The molecule has 21 heavy (non-hydrogen) atoms. The average molecular weight is 329 g/mol. The van der Waals surface area contributed by atoms with Gasteiger partial charge in [-0.05, 0) is 44.5 Å². The molecule has 1 aliphatic heterocycles. The molecule has 2 unspecified atom stereocenters. The van der Waals surface area contributed by atoms with Crippen molar-refractivity contribution in [1.29, 1.82) is 0 Å². The molecule has 0 saturated carbocycles. The lowest BCUT2D eigenvalue weighted by Gasteiger charge is -2.28. The molecule has 1 fully saturated rings. The molecule has 1 N–H and O–H groups in total. The van der Waals surface area contributed by atoms with Gasteiger partial charge in [-0.3, -0.25) is 14.5 Å². The Morgan fingerprint density at radius 3 is 2.71 bits per heavy atom. The first-order valence-electron chi connectivity index (χ1n) is 6.92. The number of likely N-dealkylation sites (N-methyl/N-ethyl adjacent to an activating group) is 1. The first-order valence-corrected chi connectivity index (χ1v) is 7.68. The number of hydrogen-bond acceptors (Lipinski definition) is 3. The second-order valence-electron chi connectivity index (χ2n) is 5.17. The summed E-state index contributed by atoms with van der Waals surface area (Å²) in [6.45, 7) is 2.55. The fraction of sp³-hybridized carbons (Fsp3) is 0.467. The molecule has 1 aliphatic rings. The second kappa shape index (κ2) is 6.77. The van der Waals surface area contributed by atoms with Crippen molar-refractivity contribution in [1.82, 2.24) is 10.2 Å². The lowest BCUT2D eigenvalue weighted by Crippen LogP contribution is -2.48. The molecule has 2 rings (SSSR count).